The minimum Gasteiger partial charge on any atom is -0.339 e. The molecule has 17 heavy (non-hydrogen) atoms. The lowest BCUT2D eigenvalue weighted by Crippen LogP contribution is -2.31. The summed E-state index contributed by atoms with van der Waals surface area (Å²) in [6.45, 7) is 3.88. The van der Waals surface area contributed by atoms with Gasteiger partial charge in [-0.25, -0.2) is 0 Å². The van der Waals surface area contributed by atoms with E-state index in [9.17, 15) is 0 Å². The van der Waals surface area contributed by atoms with E-state index >= 15 is 0 Å². The summed E-state index contributed by atoms with van der Waals surface area (Å²) in [4.78, 5) is 6.55. The maximum Gasteiger partial charge on any atom is 0.231 e. The van der Waals surface area contributed by atoms with Crippen molar-refractivity contribution in [3.8, 4) is 0 Å². The summed E-state index contributed by atoms with van der Waals surface area (Å²) >= 11 is 0. The molecule has 1 aliphatic carbocycles. The second-order valence-electron chi connectivity index (χ2n) is 4.99. The molecule has 5 heteroatoms. The highest BCUT2D eigenvalue weighted by Crippen LogP contribution is 2.33. The Labute approximate surface area is 103 Å². The van der Waals surface area contributed by atoms with Gasteiger partial charge in [0.05, 0.1) is 12.5 Å². The molecule has 0 spiro atoms. The molecule has 0 bridgehead atoms. The standard InChI is InChI=1S/C12H22N4O/c1-4-13-10-7-5-6-9(10)12-14-11(15-17-12)8-16(2)3/h9-10,13H,4-8H2,1-3H3. The van der Waals surface area contributed by atoms with Crippen LogP contribution in [0.25, 0.3) is 0 Å². The van der Waals surface area contributed by atoms with Crippen molar-refractivity contribution in [3.63, 3.8) is 0 Å². The summed E-state index contributed by atoms with van der Waals surface area (Å²) in [7, 11) is 4.01. The van der Waals surface area contributed by atoms with Crippen LogP contribution < -0.4 is 5.32 Å². The fraction of sp³-hybridized carbons (Fsp3) is 0.833. The van der Waals surface area contributed by atoms with Gasteiger partial charge in [0, 0.05) is 6.04 Å². The first-order valence-corrected chi connectivity index (χ1v) is 6.41. The molecule has 2 unspecified atom stereocenters. The van der Waals surface area contributed by atoms with E-state index in [1.807, 2.05) is 19.0 Å². The van der Waals surface area contributed by atoms with Gasteiger partial charge in [0.2, 0.25) is 5.89 Å². The van der Waals surface area contributed by atoms with Crippen LogP contribution in [0.1, 0.15) is 43.8 Å². The number of hydrogen-bond donors (Lipinski definition) is 1. The first-order valence-electron chi connectivity index (χ1n) is 6.41. The monoisotopic (exact) mass is 238 g/mol. The summed E-state index contributed by atoms with van der Waals surface area (Å²) in [5, 5.41) is 7.54. The first-order chi connectivity index (χ1) is 8.20. The van der Waals surface area contributed by atoms with Gasteiger partial charge < -0.3 is 14.7 Å². The Morgan fingerprint density at radius 1 is 1.41 bits per heavy atom. The van der Waals surface area contributed by atoms with E-state index in [0.29, 0.717) is 12.0 Å². The van der Waals surface area contributed by atoms with E-state index in [0.717, 1.165) is 31.2 Å². The van der Waals surface area contributed by atoms with Gasteiger partial charge in [-0.05, 0) is 33.5 Å². The average molecular weight is 238 g/mol. The van der Waals surface area contributed by atoms with Crippen LogP contribution in [0.4, 0.5) is 0 Å². The minimum absolute atomic E-state index is 0.401. The van der Waals surface area contributed by atoms with Gasteiger partial charge in [0.1, 0.15) is 0 Å². The van der Waals surface area contributed by atoms with Crippen molar-refractivity contribution in [1.29, 1.82) is 0 Å². The first kappa shape index (κ1) is 12.5. The van der Waals surface area contributed by atoms with Crippen LogP contribution >= 0.6 is 0 Å². The molecule has 1 aromatic rings. The largest absolute Gasteiger partial charge is 0.339 e. The van der Waals surface area contributed by atoms with E-state index < -0.39 is 0 Å². The van der Waals surface area contributed by atoms with Crippen LogP contribution in [0.5, 0.6) is 0 Å². The molecule has 5 nitrogen and oxygen atoms in total. The third-order valence-corrected chi connectivity index (χ3v) is 3.24. The molecule has 96 valence electrons. The summed E-state index contributed by atoms with van der Waals surface area (Å²) in [5.74, 6) is 2.00. The Morgan fingerprint density at radius 3 is 2.94 bits per heavy atom. The normalized spacial score (nSPS) is 24.7. The fourth-order valence-electron chi connectivity index (χ4n) is 2.53. The Balaban J connectivity index is 2.03. The molecule has 0 aliphatic heterocycles. The molecule has 0 amide bonds. The van der Waals surface area contributed by atoms with E-state index in [1.165, 1.54) is 12.8 Å². The minimum atomic E-state index is 0.401. The Hall–Kier alpha value is -0.940. The Bertz CT molecular complexity index is 350. The zero-order valence-electron chi connectivity index (χ0n) is 10.9. The molecular formula is C12H22N4O. The molecule has 1 heterocycles. The maximum absolute atomic E-state index is 5.40. The molecule has 2 rings (SSSR count). The molecule has 1 aliphatic rings. The molecule has 1 aromatic heterocycles. The predicted molar refractivity (Wildman–Crippen MR) is 65.7 cm³/mol. The van der Waals surface area contributed by atoms with Gasteiger partial charge in [-0.3, -0.25) is 0 Å². The number of hydrogen-bond acceptors (Lipinski definition) is 5. The molecule has 1 fully saturated rings. The molecule has 0 saturated heterocycles. The third kappa shape index (κ3) is 3.04. The summed E-state index contributed by atoms with van der Waals surface area (Å²) < 4.78 is 5.40. The number of rotatable bonds is 5. The average Bonchev–Trinajstić information content (AvgIpc) is 2.86. The molecule has 0 radical (unpaired) electrons. The van der Waals surface area contributed by atoms with Crippen LogP contribution in [-0.2, 0) is 6.54 Å². The highest BCUT2D eigenvalue weighted by atomic mass is 16.5. The van der Waals surface area contributed by atoms with Crippen molar-refractivity contribution in [3.05, 3.63) is 11.7 Å². The zero-order valence-corrected chi connectivity index (χ0v) is 10.9. The van der Waals surface area contributed by atoms with Gasteiger partial charge in [-0.1, -0.05) is 18.5 Å². The van der Waals surface area contributed by atoms with Crippen LogP contribution in [0.15, 0.2) is 4.52 Å². The van der Waals surface area contributed by atoms with Crippen molar-refractivity contribution in [2.75, 3.05) is 20.6 Å². The van der Waals surface area contributed by atoms with E-state index in [4.69, 9.17) is 4.52 Å². The maximum atomic E-state index is 5.40. The number of nitrogens with zero attached hydrogens (tertiary/aromatic N) is 3. The second-order valence-corrected chi connectivity index (χ2v) is 4.99. The number of likely N-dealkylation sites (N-methyl/N-ethyl adjacent to an activating group) is 1. The van der Waals surface area contributed by atoms with E-state index in [2.05, 4.69) is 22.4 Å². The third-order valence-electron chi connectivity index (χ3n) is 3.24. The van der Waals surface area contributed by atoms with E-state index in [-0.39, 0.29) is 0 Å². The van der Waals surface area contributed by atoms with E-state index in [1.54, 1.807) is 0 Å². The van der Waals surface area contributed by atoms with Crippen LogP contribution in [-0.4, -0.2) is 41.7 Å². The summed E-state index contributed by atoms with van der Waals surface area (Å²) in [5.41, 5.74) is 0. The topological polar surface area (TPSA) is 54.2 Å². The van der Waals surface area contributed by atoms with Crippen LogP contribution in [0.3, 0.4) is 0 Å². The van der Waals surface area contributed by atoms with Crippen molar-refractivity contribution >= 4 is 0 Å². The second kappa shape index (κ2) is 5.60. The Kier molecular flexibility index (Phi) is 4.12. The quantitative estimate of drug-likeness (QED) is 0.840. The smallest absolute Gasteiger partial charge is 0.231 e. The summed E-state index contributed by atoms with van der Waals surface area (Å²) in [6.07, 6.45) is 3.61. The van der Waals surface area contributed by atoms with Gasteiger partial charge >= 0.3 is 0 Å². The van der Waals surface area contributed by atoms with Crippen LogP contribution in [0.2, 0.25) is 0 Å². The fourth-order valence-corrected chi connectivity index (χ4v) is 2.53. The lowest BCUT2D eigenvalue weighted by Gasteiger charge is -2.16. The molecule has 0 aromatic carbocycles. The highest BCUT2D eigenvalue weighted by molar-refractivity contribution is 5.02. The lowest BCUT2D eigenvalue weighted by atomic mass is 10.0. The predicted octanol–water partition coefficient (Wildman–Crippen LogP) is 1.38. The molecule has 1 N–H and O–H groups in total. The SMILES string of the molecule is CCNC1CCCC1c1nc(CN(C)C)no1. The van der Waals surface area contributed by atoms with Crippen molar-refractivity contribution in [2.45, 2.75) is 44.7 Å². The zero-order chi connectivity index (χ0) is 12.3. The van der Waals surface area contributed by atoms with Crippen LogP contribution in [0, 0.1) is 0 Å². The Morgan fingerprint density at radius 2 is 2.24 bits per heavy atom. The molecule has 1 saturated carbocycles. The van der Waals surface area contributed by atoms with Gasteiger partial charge in [0.15, 0.2) is 5.82 Å². The molecular weight excluding hydrogens is 216 g/mol. The number of aromatic nitrogens is 2. The van der Waals surface area contributed by atoms with Crippen molar-refractivity contribution in [1.82, 2.24) is 20.4 Å². The van der Waals surface area contributed by atoms with Crippen molar-refractivity contribution < 1.29 is 4.52 Å². The van der Waals surface area contributed by atoms with Gasteiger partial charge in [-0.2, -0.15) is 4.98 Å². The lowest BCUT2D eigenvalue weighted by molar-refractivity contribution is 0.321. The van der Waals surface area contributed by atoms with Gasteiger partial charge in [-0.15, -0.1) is 0 Å². The highest BCUT2D eigenvalue weighted by Gasteiger charge is 2.32. The summed E-state index contributed by atoms with van der Waals surface area (Å²) in [6, 6.07) is 0.507. The molecule has 2 atom stereocenters. The van der Waals surface area contributed by atoms with Gasteiger partial charge in [0.25, 0.3) is 0 Å². The van der Waals surface area contributed by atoms with Crippen molar-refractivity contribution in [2.24, 2.45) is 0 Å². The number of nitrogens with one attached hydrogen (secondary N) is 1.